The van der Waals surface area contributed by atoms with Gasteiger partial charge in [0.15, 0.2) is 0 Å². The summed E-state index contributed by atoms with van der Waals surface area (Å²) in [6, 6.07) is 37.2. The highest BCUT2D eigenvalue weighted by molar-refractivity contribution is 5.73. The van der Waals surface area contributed by atoms with Crippen LogP contribution in [0.3, 0.4) is 0 Å². The van der Waals surface area contributed by atoms with E-state index in [9.17, 15) is 0 Å². The first kappa shape index (κ1) is 17.7. The van der Waals surface area contributed by atoms with Crippen molar-refractivity contribution in [3.05, 3.63) is 114 Å². The Morgan fingerprint density at radius 3 is 2.03 bits per heavy atom. The molecule has 1 aliphatic rings. The molecule has 2 heteroatoms. The average Bonchev–Trinajstić information content (AvgIpc) is 2.80. The Balaban J connectivity index is 1.45. The fourth-order valence-corrected chi connectivity index (χ4v) is 4.18. The van der Waals surface area contributed by atoms with Crippen molar-refractivity contribution in [1.82, 2.24) is 5.32 Å². The molecule has 0 fully saturated rings. The molecule has 1 unspecified atom stereocenters. The second kappa shape index (κ2) is 7.57. The summed E-state index contributed by atoms with van der Waals surface area (Å²) >= 11 is 0. The van der Waals surface area contributed by atoms with Crippen LogP contribution in [-0.2, 0) is 0 Å². The molecule has 4 aromatic rings. The number of anilines is 1. The van der Waals surface area contributed by atoms with E-state index in [2.05, 4.69) is 120 Å². The van der Waals surface area contributed by atoms with Gasteiger partial charge in [-0.1, -0.05) is 91.0 Å². The van der Waals surface area contributed by atoms with Gasteiger partial charge in [0.1, 0.15) is 0 Å². The zero-order chi connectivity index (χ0) is 19.6. The van der Waals surface area contributed by atoms with E-state index in [1.54, 1.807) is 0 Å². The molecule has 4 aromatic carbocycles. The lowest BCUT2D eigenvalue weighted by Crippen LogP contribution is -2.39. The molecule has 142 valence electrons. The van der Waals surface area contributed by atoms with Crippen molar-refractivity contribution in [2.75, 3.05) is 18.6 Å². The molecule has 0 aromatic heterocycles. The van der Waals surface area contributed by atoms with Gasteiger partial charge in [0.25, 0.3) is 0 Å². The van der Waals surface area contributed by atoms with Crippen LogP contribution in [0.5, 0.6) is 0 Å². The smallest absolute Gasteiger partial charge is 0.0686 e. The van der Waals surface area contributed by atoms with Crippen molar-refractivity contribution in [2.45, 2.75) is 6.04 Å². The maximum Gasteiger partial charge on any atom is 0.0686 e. The minimum atomic E-state index is 0.229. The van der Waals surface area contributed by atoms with Gasteiger partial charge in [-0.15, -0.1) is 0 Å². The molecule has 0 aliphatic carbocycles. The second-order valence-corrected chi connectivity index (χ2v) is 7.62. The quantitative estimate of drug-likeness (QED) is 0.464. The minimum Gasteiger partial charge on any atom is -0.362 e. The minimum absolute atomic E-state index is 0.229. The Labute approximate surface area is 172 Å². The van der Waals surface area contributed by atoms with E-state index < -0.39 is 0 Å². The van der Waals surface area contributed by atoms with E-state index in [0.717, 1.165) is 6.67 Å². The van der Waals surface area contributed by atoms with Crippen LogP contribution in [0.2, 0.25) is 0 Å². The zero-order valence-corrected chi connectivity index (χ0v) is 16.5. The van der Waals surface area contributed by atoms with E-state index in [-0.39, 0.29) is 6.04 Å². The van der Waals surface area contributed by atoms with Gasteiger partial charge >= 0.3 is 0 Å². The van der Waals surface area contributed by atoms with Crippen molar-refractivity contribution in [2.24, 2.45) is 0 Å². The summed E-state index contributed by atoms with van der Waals surface area (Å²) in [5.41, 5.74) is 8.92. The molecule has 0 radical (unpaired) electrons. The van der Waals surface area contributed by atoms with Crippen molar-refractivity contribution >= 4 is 5.69 Å². The lowest BCUT2D eigenvalue weighted by atomic mass is 9.93. The van der Waals surface area contributed by atoms with Crippen LogP contribution in [0, 0.1) is 0 Å². The Morgan fingerprint density at radius 2 is 1.28 bits per heavy atom. The molecule has 1 heterocycles. The van der Waals surface area contributed by atoms with Gasteiger partial charge in [-0.05, 0) is 45.5 Å². The zero-order valence-electron chi connectivity index (χ0n) is 16.5. The molecular formula is C27H24N2. The SMILES string of the molecule is CN1CNC(c2ccc(-c3cccc(-c4ccccc4)c3)cc2)c2ccccc21. The molecule has 1 aliphatic heterocycles. The maximum atomic E-state index is 3.66. The summed E-state index contributed by atoms with van der Waals surface area (Å²) in [5, 5.41) is 3.66. The Morgan fingerprint density at radius 1 is 0.655 bits per heavy atom. The van der Waals surface area contributed by atoms with Gasteiger partial charge in [0, 0.05) is 12.7 Å². The number of benzene rings is 4. The van der Waals surface area contributed by atoms with E-state index in [1.165, 1.54) is 39.1 Å². The van der Waals surface area contributed by atoms with Crippen LogP contribution in [-0.4, -0.2) is 13.7 Å². The van der Waals surface area contributed by atoms with Crippen LogP contribution in [0.15, 0.2) is 103 Å². The summed E-state index contributed by atoms with van der Waals surface area (Å²) in [6.45, 7) is 0.850. The molecule has 29 heavy (non-hydrogen) atoms. The third-order valence-corrected chi connectivity index (χ3v) is 5.74. The highest BCUT2D eigenvalue weighted by atomic mass is 15.2. The molecule has 2 nitrogen and oxygen atoms in total. The molecule has 0 spiro atoms. The summed E-state index contributed by atoms with van der Waals surface area (Å²) < 4.78 is 0. The first-order valence-corrected chi connectivity index (χ1v) is 10.1. The topological polar surface area (TPSA) is 15.3 Å². The number of fused-ring (bicyclic) bond motifs is 1. The van der Waals surface area contributed by atoms with E-state index in [0.29, 0.717) is 0 Å². The molecule has 5 rings (SSSR count). The Kier molecular flexibility index (Phi) is 4.63. The van der Waals surface area contributed by atoms with Crippen LogP contribution in [0.4, 0.5) is 5.69 Å². The van der Waals surface area contributed by atoms with Crippen molar-refractivity contribution in [1.29, 1.82) is 0 Å². The maximum absolute atomic E-state index is 3.66. The summed E-state index contributed by atoms with van der Waals surface area (Å²) in [5.74, 6) is 0. The van der Waals surface area contributed by atoms with Gasteiger partial charge in [-0.2, -0.15) is 0 Å². The molecule has 0 amide bonds. The number of rotatable bonds is 3. The van der Waals surface area contributed by atoms with E-state index >= 15 is 0 Å². The number of hydrogen-bond donors (Lipinski definition) is 1. The third-order valence-electron chi connectivity index (χ3n) is 5.74. The fraction of sp³-hybridized carbons (Fsp3) is 0.111. The summed E-state index contributed by atoms with van der Waals surface area (Å²) in [4.78, 5) is 2.26. The normalized spacial score (nSPS) is 15.8. The molecule has 1 atom stereocenters. The van der Waals surface area contributed by atoms with Gasteiger partial charge in [0.05, 0.1) is 12.7 Å². The Hall–Kier alpha value is -3.36. The highest BCUT2D eigenvalue weighted by Gasteiger charge is 2.23. The molecule has 0 saturated carbocycles. The van der Waals surface area contributed by atoms with E-state index in [1.807, 2.05) is 0 Å². The van der Waals surface area contributed by atoms with Crippen LogP contribution < -0.4 is 10.2 Å². The Bertz CT molecular complexity index is 1120. The van der Waals surface area contributed by atoms with Crippen LogP contribution in [0.1, 0.15) is 17.2 Å². The lowest BCUT2D eigenvalue weighted by molar-refractivity contribution is 0.572. The third kappa shape index (κ3) is 3.43. The van der Waals surface area contributed by atoms with Crippen LogP contribution >= 0.6 is 0 Å². The average molecular weight is 377 g/mol. The largest absolute Gasteiger partial charge is 0.362 e. The molecule has 0 bridgehead atoms. The summed E-state index contributed by atoms with van der Waals surface area (Å²) in [6.07, 6.45) is 0. The van der Waals surface area contributed by atoms with Crippen molar-refractivity contribution in [3.63, 3.8) is 0 Å². The van der Waals surface area contributed by atoms with Crippen molar-refractivity contribution in [3.8, 4) is 22.3 Å². The van der Waals surface area contributed by atoms with Crippen molar-refractivity contribution < 1.29 is 0 Å². The highest BCUT2D eigenvalue weighted by Crippen LogP contribution is 2.34. The first-order valence-electron chi connectivity index (χ1n) is 10.1. The van der Waals surface area contributed by atoms with Gasteiger partial charge in [-0.25, -0.2) is 0 Å². The number of nitrogens with one attached hydrogen (secondary N) is 1. The number of nitrogens with zero attached hydrogens (tertiary/aromatic N) is 1. The van der Waals surface area contributed by atoms with Gasteiger partial charge in [0.2, 0.25) is 0 Å². The fourth-order valence-electron chi connectivity index (χ4n) is 4.18. The second-order valence-electron chi connectivity index (χ2n) is 7.62. The van der Waals surface area contributed by atoms with Gasteiger partial charge in [-0.3, -0.25) is 5.32 Å². The standard InChI is InChI=1S/C27H24N2/c1-29-19-28-27(25-12-5-6-13-26(25)29)22-16-14-21(15-17-22)24-11-7-10-23(18-24)20-8-3-2-4-9-20/h2-18,27-28H,19H2,1H3. The van der Waals surface area contributed by atoms with E-state index in [4.69, 9.17) is 0 Å². The van der Waals surface area contributed by atoms with Crippen LogP contribution in [0.25, 0.3) is 22.3 Å². The monoisotopic (exact) mass is 376 g/mol. The predicted octanol–water partition coefficient (Wildman–Crippen LogP) is 6.11. The number of para-hydroxylation sites is 1. The molecular weight excluding hydrogens is 352 g/mol. The molecule has 1 N–H and O–H groups in total. The number of hydrogen-bond acceptors (Lipinski definition) is 2. The predicted molar refractivity (Wildman–Crippen MR) is 122 cm³/mol. The van der Waals surface area contributed by atoms with Gasteiger partial charge < -0.3 is 4.90 Å². The lowest BCUT2D eigenvalue weighted by Gasteiger charge is -2.34. The molecule has 0 saturated heterocycles. The first-order chi connectivity index (χ1) is 14.3. The summed E-state index contributed by atoms with van der Waals surface area (Å²) in [7, 11) is 2.13.